The molecular weight excluding hydrogens is 248 g/mol. The van der Waals surface area contributed by atoms with E-state index < -0.39 is 11.6 Å². The number of pyridine rings is 1. The number of carbonyl (C=O) groups excluding carboxylic acids is 1. The average Bonchev–Trinajstić information content (AvgIpc) is 1.97. The Morgan fingerprint density at radius 2 is 2.33 bits per heavy atom. The molecule has 0 spiro atoms. The highest BCUT2D eigenvalue weighted by Crippen LogP contribution is 2.23. The van der Waals surface area contributed by atoms with E-state index in [0.717, 1.165) is 0 Å². The van der Waals surface area contributed by atoms with Crippen LogP contribution in [0.2, 0.25) is 5.02 Å². The van der Waals surface area contributed by atoms with Crippen molar-refractivity contribution in [1.82, 2.24) is 4.98 Å². The van der Waals surface area contributed by atoms with Gasteiger partial charge in [-0.3, -0.25) is 4.79 Å². The van der Waals surface area contributed by atoms with Gasteiger partial charge in [0.15, 0.2) is 11.6 Å². The zero-order valence-electron chi connectivity index (χ0n) is 6.07. The molecule has 5 heteroatoms. The lowest BCUT2D eigenvalue weighted by atomic mass is 10.2. The summed E-state index contributed by atoms with van der Waals surface area (Å²) in [6, 6.07) is 0. The molecule has 0 amide bonds. The molecule has 0 N–H and O–H groups in total. The smallest absolute Gasteiger partial charge is 0.168 e. The molecule has 0 radical (unpaired) electrons. The van der Waals surface area contributed by atoms with Crippen LogP contribution in [-0.2, 0) is 0 Å². The first-order valence-corrected chi connectivity index (χ1v) is 4.21. The van der Waals surface area contributed by atoms with Gasteiger partial charge >= 0.3 is 0 Å². The molecule has 1 aromatic heterocycles. The van der Waals surface area contributed by atoms with Crippen molar-refractivity contribution >= 4 is 33.3 Å². The van der Waals surface area contributed by atoms with Crippen LogP contribution in [0.1, 0.15) is 17.3 Å². The molecular formula is C7H4BrClFNO. The third-order valence-electron chi connectivity index (χ3n) is 1.28. The summed E-state index contributed by atoms with van der Waals surface area (Å²) in [4.78, 5) is 14.4. The Morgan fingerprint density at radius 1 is 1.75 bits per heavy atom. The number of hydrogen-bond donors (Lipinski definition) is 0. The summed E-state index contributed by atoms with van der Waals surface area (Å²) >= 11 is 8.40. The highest BCUT2D eigenvalue weighted by Gasteiger charge is 2.15. The minimum absolute atomic E-state index is 0.00269. The van der Waals surface area contributed by atoms with Gasteiger partial charge < -0.3 is 0 Å². The molecule has 1 rings (SSSR count). The van der Waals surface area contributed by atoms with Crippen molar-refractivity contribution in [1.29, 1.82) is 0 Å². The van der Waals surface area contributed by atoms with Crippen LogP contribution in [0.5, 0.6) is 0 Å². The Bertz CT molecular complexity index is 342. The van der Waals surface area contributed by atoms with Gasteiger partial charge in [-0.2, -0.15) is 0 Å². The molecule has 0 saturated heterocycles. The van der Waals surface area contributed by atoms with Crippen molar-refractivity contribution in [3.05, 3.63) is 27.2 Å². The van der Waals surface area contributed by atoms with Crippen LogP contribution < -0.4 is 0 Å². The van der Waals surface area contributed by atoms with Crippen LogP contribution in [0.25, 0.3) is 0 Å². The molecule has 1 aromatic rings. The first-order valence-electron chi connectivity index (χ1n) is 3.04. The number of ketones is 1. The highest BCUT2D eigenvalue weighted by atomic mass is 79.9. The van der Waals surface area contributed by atoms with Gasteiger partial charge in [0.1, 0.15) is 4.60 Å². The van der Waals surface area contributed by atoms with Gasteiger partial charge in [0, 0.05) is 6.20 Å². The Kier molecular flexibility index (Phi) is 2.80. The second-order valence-corrected chi connectivity index (χ2v) is 3.30. The first kappa shape index (κ1) is 9.61. The predicted molar refractivity (Wildman–Crippen MR) is 46.9 cm³/mol. The van der Waals surface area contributed by atoms with Crippen LogP contribution in [0.3, 0.4) is 0 Å². The number of hydrogen-bond acceptors (Lipinski definition) is 2. The second kappa shape index (κ2) is 3.49. The normalized spacial score (nSPS) is 10.0. The number of aromatic nitrogens is 1. The maximum Gasteiger partial charge on any atom is 0.168 e. The lowest BCUT2D eigenvalue weighted by molar-refractivity contribution is 0.101. The van der Waals surface area contributed by atoms with Crippen molar-refractivity contribution in [2.75, 3.05) is 0 Å². The van der Waals surface area contributed by atoms with Gasteiger partial charge in [0.05, 0.1) is 10.6 Å². The van der Waals surface area contributed by atoms with Crippen molar-refractivity contribution in [3.63, 3.8) is 0 Å². The molecule has 0 fully saturated rings. The highest BCUT2D eigenvalue weighted by molar-refractivity contribution is 9.10. The third kappa shape index (κ3) is 1.64. The standard InChI is InChI=1S/C7H4BrClFNO/c1-3(12)5-4(9)2-11-7(8)6(5)10/h2H,1H3. The SMILES string of the molecule is CC(=O)c1c(Cl)cnc(Br)c1F. The lowest BCUT2D eigenvalue weighted by Crippen LogP contribution is -2.00. The van der Waals surface area contributed by atoms with E-state index in [9.17, 15) is 9.18 Å². The summed E-state index contributed by atoms with van der Waals surface area (Å²) < 4.78 is 13.1. The molecule has 12 heavy (non-hydrogen) atoms. The summed E-state index contributed by atoms with van der Waals surface area (Å²) in [5.74, 6) is -1.13. The number of Topliss-reactive ketones (excluding diaryl/α,β-unsaturated/α-hetero) is 1. The summed E-state index contributed by atoms with van der Waals surface area (Å²) in [6.07, 6.45) is 1.23. The molecule has 0 aliphatic heterocycles. The minimum Gasteiger partial charge on any atom is -0.294 e. The summed E-state index contributed by atoms with van der Waals surface area (Å²) in [7, 11) is 0. The summed E-state index contributed by atoms with van der Waals surface area (Å²) in [5.41, 5.74) is -0.126. The van der Waals surface area contributed by atoms with Crippen LogP contribution in [-0.4, -0.2) is 10.8 Å². The summed E-state index contributed by atoms with van der Waals surface area (Å²) in [5, 5.41) is 0.0307. The Labute approximate surface area is 81.9 Å². The van der Waals surface area contributed by atoms with Gasteiger partial charge in [-0.05, 0) is 22.9 Å². The molecule has 0 aliphatic carbocycles. The maximum absolute atomic E-state index is 13.1. The summed E-state index contributed by atoms with van der Waals surface area (Å²) in [6.45, 7) is 1.25. The molecule has 0 unspecified atom stereocenters. The van der Waals surface area contributed by atoms with Crippen LogP contribution in [0, 0.1) is 5.82 Å². The predicted octanol–water partition coefficient (Wildman–Crippen LogP) is 2.84. The minimum atomic E-state index is -0.713. The first-order chi connectivity index (χ1) is 5.54. The molecule has 64 valence electrons. The van der Waals surface area contributed by atoms with Gasteiger partial charge in [-0.25, -0.2) is 9.37 Å². The lowest BCUT2D eigenvalue weighted by Gasteiger charge is -2.01. The van der Waals surface area contributed by atoms with E-state index in [2.05, 4.69) is 20.9 Å². The third-order valence-corrected chi connectivity index (χ3v) is 2.12. The van der Waals surface area contributed by atoms with E-state index in [1.54, 1.807) is 0 Å². The fourth-order valence-electron chi connectivity index (χ4n) is 0.765. The maximum atomic E-state index is 13.1. The molecule has 0 bridgehead atoms. The van der Waals surface area contributed by atoms with Gasteiger partial charge in [0.25, 0.3) is 0 Å². The average molecular weight is 252 g/mol. The zero-order chi connectivity index (χ0) is 9.30. The van der Waals surface area contributed by atoms with Crippen LogP contribution in [0.15, 0.2) is 10.8 Å². The van der Waals surface area contributed by atoms with Gasteiger partial charge in [0.2, 0.25) is 0 Å². The van der Waals surface area contributed by atoms with Crippen molar-refractivity contribution < 1.29 is 9.18 Å². The van der Waals surface area contributed by atoms with Crippen molar-refractivity contribution in [3.8, 4) is 0 Å². The van der Waals surface area contributed by atoms with Crippen LogP contribution in [0.4, 0.5) is 4.39 Å². The van der Waals surface area contributed by atoms with E-state index in [-0.39, 0.29) is 15.2 Å². The number of carbonyl (C=O) groups is 1. The molecule has 2 nitrogen and oxygen atoms in total. The van der Waals surface area contributed by atoms with Crippen LogP contribution >= 0.6 is 27.5 Å². The largest absolute Gasteiger partial charge is 0.294 e. The Balaban J connectivity index is 3.43. The van der Waals surface area contributed by atoms with E-state index in [0.29, 0.717) is 0 Å². The molecule has 0 aromatic carbocycles. The number of rotatable bonds is 1. The van der Waals surface area contributed by atoms with E-state index in [4.69, 9.17) is 11.6 Å². The topological polar surface area (TPSA) is 30.0 Å². The van der Waals surface area contributed by atoms with Gasteiger partial charge in [-0.1, -0.05) is 11.6 Å². The zero-order valence-corrected chi connectivity index (χ0v) is 8.41. The molecule has 0 saturated carbocycles. The second-order valence-electron chi connectivity index (χ2n) is 2.14. The quantitative estimate of drug-likeness (QED) is 0.568. The van der Waals surface area contributed by atoms with Gasteiger partial charge in [-0.15, -0.1) is 0 Å². The molecule has 0 aliphatic rings. The van der Waals surface area contributed by atoms with Crippen molar-refractivity contribution in [2.45, 2.75) is 6.92 Å². The fourth-order valence-corrected chi connectivity index (χ4v) is 1.33. The van der Waals surface area contributed by atoms with E-state index in [1.807, 2.05) is 0 Å². The van der Waals surface area contributed by atoms with E-state index >= 15 is 0 Å². The van der Waals surface area contributed by atoms with Crippen molar-refractivity contribution in [2.24, 2.45) is 0 Å². The fraction of sp³-hybridized carbons (Fsp3) is 0.143. The van der Waals surface area contributed by atoms with E-state index in [1.165, 1.54) is 13.1 Å². The Morgan fingerprint density at radius 3 is 2.75 bits per heavy atom. The Hall–Kier alpha value is -0.480. The monoisotopic (exact) mass is 251 g/mol. The molecule has 1 heterocycles. The number of halogens is 3. The molecule has 0 atom stereocenters. The number of nitrogens with zero attached hydrogens (tertiary/aromatic N) is 1.